The lowest BCUT2D eigenvalue weighted by Gasteiger charge is -2.06. The Kier molecular flexibility index (Phi) is 4.47. The van der Waals surface area contributed by atoms with Gasteiger partial charge in [-0.3, -0.25) is 4.79 Å². The summed E-state index contributed by atoms with van der Waals surface area (Å²) in [6.07, 6.45) is 1.28. The highest BCUT2D eigenvalue weighted by molar-refractivity contribution is 6.16. The van der Waals surface area contributed by atoms with Crippen molar-refractivity contribution in [3.63, 3.8) is 0 Å². The van der Waals surface area contributed by atoms with Crippen LogP contribution in [0.4, 0.5) is 0 Å². The number of ether oxygens (including phenoxy) is 2. The van der Waals surface area contributed by atoms with Crippen LogP contribution in [0.2, 0.25) is 0 Å². The van der Waals surface area contributed by atoms with E-state index in [4.69, 9.17) is 25.5 Å². The van der Waals surface area contributed by atoms with Crippen LogP contribution >= 0.6 is 11.6 Å². The zero-order valence-corrected chi connectivity index (χ0v) is 11.1. The van der Waals surface area contributed by atoms with Crippen molar-refractivity contribution >= 4 is 11.6 Å². The molecular formula is C14H13ClO4. The minimum absolute atomic E-state index is 0.161. The second-order valence-corrected chi connectivity index (χ2v) is 4.11. The van der Waals surface area contributed by atoms with E-state index in [0.717, 1.165) is 11.3 Å². The van der Waals surface area contributed by atoms with Gasteiger partial charge >= 0.3 is 0 Å². The van der Waals surface area contributed by atoms with E-state index >= 15 is 0 Å². The minimum Gasteiger partial charge on any atom is -0.497 e. The number of alkyl halides is 1. The van der Waals surface area contributed by atoms with Gasteiger partial charge in [-0.15, -0.1) is 11.6 Å². The molecule has 0 spiro atoms. The summed E-state index contributed by atoms with van der Waals surface area (Å²) in [5.41, 5.74) is 0.692. The molecule has 1 heterocycles. The van der Waals surface area contributed by atoms with Gasteiger partial charge < -0.3 is 13.9 Å². The van der Waals surface area contributed by atoms with Crippen LogP contribution in [0, 0.1) is 0 Å². The highest BCUT2D eigenvalue weighted by atomic mass is 35.5. The van der Waals surface area contributed by atoms with Crippen molar-refractivity contribution in [1.82, 2.24) is 0 Å². The molecule has 100 valence electrons. The summed E-state index contributed by atoms with van der Waals surface area (Å²) >= 11 is 5.57. The Morgan fingerprint density at radius 1 is 1.26 bits per heavy atom. The van der Waals surface area contributed by atoms with Gasteiger partial charge in [0.25, 0.3) is 0 Å². The van der Waals surface area contributed by atoms with Crippen molar-refractivity contribution in [2.24, 2.45) is 0 Å². The van der Waals surface area contributed by atoms with Gasteiger partial charge in [0.2, 0.25) is 11.2 Å². The summed E-state index contributed by atoms with van der Waals surface area (Å²) in [5.74, 6) is 1.52. The van der Waals surface area contributed by atoms with Crippen molar-refractivity contribution in [2.45, 2.75) is 12.5 Å². The van der Waals surface area contributed by atoms with E-state index in [1.54, 1.807) is 7.11 Å². The van der Waals surface area contributed by atoms with E-state index in [-0.39, 0.29) is 23.7 Å². The molecule has 2 aromatic rings. The van der Waals surface area contributed by atoms with Crippen LogP contribution in [0.5, 0.6) is 11.5 Å². The fourth-order valence-electron chi connectivity index (χ4n) is 1.50. The first-order valence-corrected chi connectivity index (χ1v) is 6.20. The SMILES string of the molecule is COc1ccc(COc2coc(CCl)cc2=O)cc1. The fourth-order valence-corrected chi connectivity index (χ4v) is 1.64. The monoisotopic (exact) mass is 280 g/mol. The van der Waals surface area contributed by atoms with E-state index in [1.165, 1.54) is 12.3 Å². The molecule has 1 aromatic heterocycles. The summed E-state index contributed by atoms with van der Waals surface area (Å²) in [6, 6.07) is 8.73. The molecule has 0 fully saturated rings. The molecule has 0 aliphatic heterocycles. The van der Waals surface area contributed by atoms with Crippen LogP contribution in [0.15, 0.2) is 45.8 Å². The van der Waals surface area contributed by atoms with E-state index < -0.39 is 0 Å². The zero-order chi connectivity index (χ0) is 13.7. The molecule has 0 saturated heterocycles. The Hall–Kier alpha value is -1.94. The molecule has 0 aliphatic rings. The van der Waals surface area contributed by atoms with Gasteiger partial charge in [-0.2, -0.15) is 0 Å². The Bertz CT molecular complexity index is 589. The summed E-state index contributed by atoms with van der Waals surface area (Å²) in [5, 5.41) is 0. The highest BCUT2D eigenvalue weighted by Gasteiger charge is 2.04. The Morgan fingerprint density at radius 2 is 2.00 bits per heavy atom. The normalized spacial score (nSPS) is 10.2. The summed E-state index contributed by atoms with van der Waals surface area (Å²) < 4.78 is 15.6. The third kappa shape index (κ3) is 3.51. The molecule has 0 unspecified atom stereocenters. The molecule has 0 N–H and O–H groups in total. The first-order valence-electron chi connectivity index (χ1n) is 5.66. The lowest BCUT2D eigenvalue weighted by atomic mass is 10.2. The minimum atomic E-state index is -0.240. The number of rotatable bonds is 5. The second-order valence-electron chi connectivity index (χ2n) is 3.85. The van der Waals surface area contributed by atoms with Gasteiger partial charge in [-0.05, 0) is 17.7 Å². The molecule has 1 aromatic carbocycles. The quantitative estimate of drug-likeness (QED) is 0.790. The maximum Gasteiger partial charge on any atom is 0.227 e. The molecule has 0 aliphatic carbocycles. The topological polar surface area (TPSA) is 48.7 Å². The first-order chi connectivity index (χ1) is 9.22. The number of benzene rings is 1. The Balaban J connectivity index is 2.03. The Labute approximate surface area is 115 Å². The zero-order valence-electron chi connectivity index (χ0n) is 10.4. The van der Waals surface area contributed by atoms with Crippen molar-refractivity contribution in [1.29, 1.82) is 0 Å². The number of hydrogen-bond donors (Lipinski definition) is 0. The van der Waals surface area contributed by atoms with Gasteiger partial charge in [0.15, 0.2) is 0 Å². The van der Waals surface area contributed by atoms with Gasteiger partial charge in [0.05, 0.1) is 13.0 Å². The highest BCUT2D eigenvalue weighted by Crippen LogP contribution is 2.14. The van der Waals surface area contributed by atoms with Crippen LogP contribution in [-0.4, -0.2) is 7.11 Å². The van der Waals surface area contributed by atoms with Crippen LogP contribution in [-0.2, 0) is 12.5 Å². The van der Waals surface area contributed by atoms with Crippen molar-refractivity contribution in [3.05, 3.63) is 58.1 Å². The second kappa shape index (κ2) is 6.29. The molecule has 19 heavy (non-hydrogen) atoms. The van der Waals surface area contributed by atoms with E-state index in [1.807, 2.05) is 24.3 Å². The number of halogens is 1. The van der Waals surface area contributed by atoms with Crippen molar-refractivity contribution in [2.75, 3.05) is 7.11 Å². The average Bonchev–Trinajstić information content (AvgIpc) is 2.46. The molecule has 0 amide bonds. The number of methoxy groups -OCH3 is 1. The molecule has 0 bridgehead atoms. The molecule has 0 radical (unpaired) electrons. The van der Waals surface area contributed by atoms with Gasteiger partial charge in [0, 0.05) is 6.07 Å². The maximum absolute atomic E-state index is 11.7. The predicted octanol–water partition coefficient (Wildman–Crippen LogP) is 2.97. The van der Waals surface area contributed by atoms with Crippen LogP contribution in [0.3, 0.4) is 0 Å². The molecular weight excluding hydrogens is 268 g/mol. The molecule has 4 nitrogen and oxygen atoms in total. The van der Waals surface area contributed by atoms with Crippen LogP contribution in [0.25, 0.3) is 0 Å². The maximum atomic E-state index is 11.7. The molecule has 5 heteroatoms. The molecule has 0 saturated carbocycles. The third-order valence-electron chi connectivity index (χ3n) is 2.54. The number of hydrogen-bond acceptors (Lipinski definition) is 4. The van der Waals surface area contributed by atoms with E-state index in [9.17, 15) is 4.79 Å². The van der Waals surface area contributed by atoms with E-state index in [0.29, 0.717) is 5.76 Å². The molecule has 2 rings (SSSR count). The smallest absolute Gasteiger partial charge is 0.227 e. The van der Waals surface area contributed by atoms with Gasteiger partial charge in [-0.25, -0.2) is 0 Å². The lowest BCUT2D eigenvalue weighted by Crippen LogP contribution is -2.07. The van der Waals surface area contributed by atoms with Gasteiger partial charge in [-0.1, -0.05) is 12.1 Å². The summed E-state index contributed by atoms with van der Waals surface area (Å²) in [6.45, 7) is 0.287. The standard InChI is InChI=1S/C14H13ClO4/c1-17-11-4-2-10(3-5-11)8-19-14-9-18-12(7-15)6-13(14)16/h2-6,9H,7-8H2,1H3. The molecule has 0 atom stereocenters. The van der Waals surface area contributed by atoms with Gasteiger partial charge in [0.1, 0.15) is 24.4 Å². The Morgan fingerprint density at radius 3 is 2.58 bits per heavy atom. The summed E-state index contributed by atoms with van der Waals surface area (Å²) in [7, 11) is 1.61. The van der Waals surface area contributed by atoms with Crippen LogP contribution < -0.4 is 14.9 Å². The van der Waals surface area contributed by atoms with Crippen LogP contribution in [0.1, 0.15) is 11.3 Å². The van der Waals surface area contributed by atoms with Crippen molar-refractivity contribution < 1.29 is 13.9 Å². The van der Waals surface area contributed by atoms with E-state index in [2.05, 4.69) is 0 Å². The lowest BCUT2D eigenvalue weighted by molar-refractivity contribution is 0.290. The third-order valence-corrected chi connectivity index (χ3v) is 2.80. The average molecular weight is 281 g/mol. The fraction of sp³-hybridized carbons (Fsp3) is 0.214. The summed E-state index contributed by atoms with van der Waals surface area (Å²) in [4.78, 5) is 11.7. The predicted molar refractivity (Wildman–Crippen MR) is 71.9 cm³/mol. The largest absolute Gasteiger partial charge is 0.497 e. The first kappa shape index (κ1) is 13.5. The van der Waals surface area contributed by atoms with Crippen molar-refractivity contribution in [3.8, 4) is 11.5 Å².